The molecule has 3 aromatic carbocycles. The monoisotopic (exact) mass is 541 g/mol. The third kappa shape index (κ3) is 6.29. The molecule has 2 aromatic heterocycles. The minimum Gasteiger partial charge on any atom is -0.487 e. The van der Waals surface area contributed by atoms with Gasteiger partial charge in [-0.25, -0.2) is 19.0 Å². The van der Waals surface area contributed by atoms with E-state index in [0.717, 1.165) is 16.6 Å². The number of hydrogen-bond acceptors (Lipinski definition) is 7. The molecule has 0 aliphatic rings. The van der Waals surface area contributed by atoms with Gasteiger partial charge >= 0.3 is 0 Å². The molecular weight excluding hydrogens is 521 g/mol. The van der Waals surface area contributed by atoms with Gasteiger partial charge in [-0.1, -0.05) is 28.9 Å². The maximum atomic E-state index is 13.4. The van der Waals surface area contributed by atoms with Crippen LogP contribution in [0.15, 0.2) is 73.2 Å². The number of nitrogens with zero attached hydrogens (tertiary/aromatic N) is 5. The van der Waals surface area contributed by atoms with E-state index in [0.29, 0.717) is 46.5 Å². The Bertz CT molecular complexity index is 1700. The van der Waals surface area contributed by atoms with E-state index < -0.39 is 5.91 Å². The van der Waals surface area contributed by atoms with Crippen LogP contribution in [0.2, 0.25) is 5.02 Å². The van der Waals surface area contributed by atoms with Gasteiger partial charge in [-0.15, -0.1) is 11.5 Å². The first-order valence-electron chi connectivity index (χ1n) is 11.8. The Hall–Kier alpha value is -5.01. The number of rotatable bonds is 9. The second-order valence-electron chi connectivity index (χ2n) is 8.42. The van der Waals surface area contributed by atoms with Crippen molar-refractivity contribution in [1.82, 2.24) is 30.3 Å². The summed E-state index contributed by atoms with van der Waals surface area (Å²) in [6, 6.07) is 17.1. The molecule has 5 aromatic rings. The molecule has 0 unspecified atom stereocenters. The highest BCUT2D eigenvalue weighted by Gasteiger charge is 2.11. The van der Waals surface area contributed by atoms with Crippen molar-refractivity contribution in [2.24, 2.45) is 0 Å². The van der Waals surface area contributed by atoms with Gasteiger partial charge in [0.1, 0.15) is 30.3 Å². The number of aromatic nitrogens is 5. The van der Waals surface area contributed by atoms with Gasteiger partial charge in [0.05, 0.1) is 28.1 Å². The van der Waals surface area contributed by atoms with Crippen molar-refractivity contribution >= 4 is 39.9 Å². The Labute approximate surface area is 228 Å². The maximum Gasteiger partial charge on any atom is 0.295 e. The van der Waals surface area contributed by atoms with Crippen LogP contribution in [0.4, 0.5) is 15.9 Å². The minimum atomic E-state index is -0.468. The Balaban J connectivity index is 1.31. The second-order valence-corrected chi connectivity index (χ2v) is 8.82. The molecule has 2 N–H and O–H groups in total. The van der Waals surface area contributed by atoms with E-state index in [1.54, 1.807) is 35.1 Å². The van der Waals surface area contributed by atoms with Gasteiger partial charge in [0.25, 0.3) is 5.91 Å². The van der Waals surface area contributed by atoms with E-state index in [1.165, 1.54) is 18.5 Å². The molecule has 194 valence electrons. The lowest BCUT2D eigenvalue weighted by molar-refractivity contribution is -0.115. The lowest BCUT2D eigenvalue weighted by atomic mass is 10.2. The lowest BCUT2D eigenvalue weighted by Crippen LogP contribution is -2.23. The van der Waals surface area contributed by atoms with E-state index in [1.807, 2.05) is 30.2 Å². The smallest absolute Gasteiger partial charge is 0.295 e. The molecule has 0 atom stereocenters. The first-order chi connectivity index (χ1) is 19.0. The quantitative estimate of drug-likeness (QED) is 0.262. The number of terminal acetylenes is 1. The predicted octanol–water partition coefficient (Wildman–Crippen LogP) is 4.62. The molecule has 39 heavy (non-hydrogen) atoms. The fourth-order valence-corrected chi connectivity index (χ4v) is 4.04. The molecule has 11 heteroatoms. The molecule has 0 aliphatic heterocycles. The average molecular weight is 542 g/mol. The van der Waals surface area contributed by atoms with Crippen LogP contribution in [0.5, 0.6) is 5.75 Å². The summed E-state index contributed by atoms with van der Waals surface area (Å²) in [6.07, 6.45) is 8.79. The summed E-state index contributed by atoms with van der Waals surface area (Å²) in [5, 5.41) is 15.4. The Morgan fingerprint density at radius 3 is 2.85 bits per heavy atom. The number of carbonyl (C=O) groups is 1. The highest BCUT2D eigenvalue weighted by Crippen LogP contribution is 2.31. The van der Waals surface area contributed by atoms with Crippen LogP contribution in [0.25, 0.3) is 16.6 Å². The Morgan fingerprint density at radius 2 is 2.03 bits per heavy atom. The molecule has 0 spiro atoms. The van der Waals surface area contributed by atoms with Crippen molar-refractivity contribution in [3.8, 4) is 23.8 Å². The van der Waals surface area contributed by atoms with Gasteiger partial charge < -0.3 is 15.4 Å². The molecule has 0 fully saturated rings. The summed E-state index contributed by atoms with van der Waals surface area (Å²) in [7, 11) is 0. The molecule has 0 saturated heterocycles. The first kappa shape index (κ1) is 25.6. The molecule has 9 nitrogen and oxygen atoms in total. The van der Waals surface area contributed by atoms with Crippen molar-refractivity contribution in [1.29, 1.82) is 0 Å². The fraction of sp³-hybridized carbons (Fsp3) is 0.107. The lowest BCUT2D eigenvalue weighted by Gasteiger charge is -2.12. The predicted molar refractivity (Wildman–Crippen MR) is 145 cm³/mol. The van der Waals surface area contributed by atoms with Crippen LogP contribution in [-0.2, 0) is 17.8 Å². The number of hydrogen-bond donors (Lipinski definition) is 2. The maximum absolute atomic E-state index is 13.4. The van der Waals surface area contributed by atoms with Crippen molar-refractivity contribution in [3.63, 3.8) is 0 Å². The molecule has 0 saturated carbocycles. The van der Waals surface area contributed by atoms with E-state index in [4.69, 9.17) is 22.8 Å². The van der Waals surface area contributed by atoms with E-state index >= 15 is 0 Å². The summed E-state index contributed by atoms with van der Waals surface area (Å²) >= 11 is 6.46. The zero-order valence-electron chi connectivity index (χ0n) is 20.4. The molecule has 0 bridgehead atoms. The van der Waals surface area contributed by atoms with Gasteiger partial charge in [0.2, 0.25) is 0 Å². The minimum absolute atomic E-state index is 0.188. The molecule has 0 aliphatic carbocycles. The number of anilines is 2. The normalized spacial score (nSPS) is 10.7. The van der Waals surface area contributed by atoms with E-state index in [2.05, 4.69) is 30.9 Å². The second kappa shape index (κ2) is 11.6. The van der Waals surface area contributed by atoms with Crippen molar-refractivity contribution in [2.75, 3.05) is 11.9 Å². The third-order valence-corrected chi connectivity index (χ3v) is 6.00. The molecular formula is C28H21ClFN7O2. The van der Waals surface area contributed by atoms with Crippen LogP contribution in [-0.4, -0.2) is 37.4 Å². The van der Waals surface area contributed by atoms with Crippen LogP contribution >= 0.6 is 11.6 Å². The van der Waals surface area contributed by atoms with Crippen LogP contribution in [0.3, 0.4) is 0 Å². The third-order valence-electron chi connectivity index (χ3n) is 5.70. The summed E-state index contributed by atoms with van der Waals surface area (Å²) in [6.45, 7) is 0.547. The van der Waals surface area contributed by atoms with Gasteiger partial charge in [-0.2, -0.15) is 0 Å². The van der Waals surface area contributed by atoms with Crippen molar-refractivity contribution in [2.45, 2.75) is 13.0 Å². The summed E-state index contributed by atoms with van der Waals surface area (Å²) in [5.41, 5.74) is 3.58. The molecule has 2 heterocycles. The number of fused-ring (bicyclic) bond motifs is 1. The summed E-state index contributed by atoms with van der Waals surface area (Å²) < 4.78 is 20.8. The van der Waals surface area contributed by atoms with Crippen LogP contribution in [0.1, 0.15) is 11.3 Å². The summed E-state index contributed by atoms with van der Waals surface area (Å²) in [4.78, 5) is 20.0. The Kier molecular flexibility index (Phi) is 7.61. The number of halogens is 2. The van der Waals surface area contributed by atoms with E-state index in [9.17, 15) is 9.18 Å². The van der Waals surface area contributed by atoms with Crippen LogP contribution < -0.4 is 15.4 Å². The zero-order chi connectivity index (χ0) is 27.2. The number of carbonyl (C=O) groups excluding carboxylic acids is 1. The molecule has 1 amide bonds. The SMILES string of the molecule is C#CC(=O)NCCc1cn(-c2ccc3ncnc(Nc4ccc(OCc5cccc(F)c5)c(Cl)c4)c3c2)nn1. The molecule has 5 rings (SSSR count). The number of amides is 1. The zero-order valence-corrected chi connectivity index (χ0v) is 21.2. The number of ether oxygens (including phenoxy) is 1. The van der Waals surface area contributed by atoms with Crippen molar-refractivity contribution in [3.05, 3.63) is 95.3 Å². The standard InChI is InChI=1S/C28H21ClFN7O2/c1-2-27(38)31-11-10-21-15-37(36-35-21)22-7-8-25-23(14-22)28(33-17-32-25)34-20-6-9-26(24(29)13-20)39-16-18-4-3-5-19(30)12-18/h1,3-9,12-15,17H,10-11,16H2,(H,31,38)(H,32,33,34). The van der Waals surface area contributed by atoms with Gasteiger partial charge in [-0.05, 0) is 60.0 Å². The first-order valence-corrected chi connectivity index (χ1v) is 12.2. The van der Waals surface area contributed by atoms with Crippen LogP contribution in [0, 0.1) is 18.2 Å². The number of benzene rings is 3. The molecule has 0 radical (unpaired) electrons. The van der Waals surface area contributed by atoms with Crippen molar-refractivity contribution < 1.29 is 13.9 Å². The summed E-state index contributed by atoms with van der Waals surface area (Å²) in [5.74, 6) is 2.26. The average Bonchev–Trinajstić information content (AvgIpc) is 3.41. The number of nitrogens with one attached hydrogen (secondary N) is 2. The Morgan fingerprint density at radius 1 is 1.13 bits per heavy atom. The topological polar surface area (TPSA) is 107 Å². The largest absolute Gasteiger partial charge is 0.487 e. The fourth-order valence-electron chi connectivity index (χ4n) is 3.80. The van der Waals surface area contributed by atoms with Gasteiger partial charge in [-0.3, -0.25) is 4.79 Å². The highest BCUT2D eigenvalue weighted by molar-refractivity contribution is 6.32. The van der Waals surface area contributed by atoms with Gasteiger partial charge in [0, 0.05) is 24.0 Å². The van der Waals surface area contributed by atoms with Gasteiger partial charge in [0.15, 0.2) is 0 Å². The highest BCUT2D eigenvalue weighted by atomic mass is 35.5. The van der Waals surface area contributed by atoms with E-state index in [-0.39, 0.29) is 12.4 Å².